The molecule has 0 radical (unpaired) electrons. The third-order valence-electron chi connectivity index (χ3n) is 2.41. The number of rotatable bonds is 8. The van der Waals surface area contributed by atoms with E-state index in [1.54, 1.807) is 0 Å². The predicted octanol–water partition coefficient (Wildman–Crippen LogP) is 6.77. The molecule has 2 nitrogen and oxygen atoms in total. The highest BCUT2D eigenvalue weighted by Gasteiger charge is 2.83. The molecule has 0 amide bonds. The first kappa shape index (κ1) is 28.2. The van der Waals surface area contributed by atoms with Gasteiger partial charge in [-0.25, -0.2) is 4.74 Å². The van der Waals surface area contributed by atoms with E-state index in [0.717, 1.165) is 0 Å². The number of halogens is 18. The summed E-state index contributed by atoms with van der Waals surface area (Å²) < 4.78 is 211. The molecule has 20 heteroatoms. The molecular formula is C9F17IO2. The highest BCUT2D eigenvalue weighted by atomic mass is 127. The van der Waals surface area contributed by atoms with Crippen molar-refractivity contribution in [2.45, 2.75) is 40.2 Å². The van der Waals surface area contributed by atoms with Crippen LogP contribution in [0.4, 0.5) is 74.6 Å². The lowest BCUT2D eigenvalue weighted by molar-refractivity contribution is -0.541. The lowest BCUT2D eigenvalue weighted by Crippen LogP contribution is -2.66. The predicted molar refractivity (Wildman–Crippen MR) is 61.2 cm³/mol. The summed E-state index contributed by atoms with van der Waals surface area (Å²) >= 11 is -0.849. The second kappa shape index (κ2) is 7.71. The van der Waals surface area contributed by atoms with Crippen molar-refractivity contribution in [1.29, 1.82) is 0 Å². The number of ether oxygens (including phenoxy) is 2. The van der Waals surface area contributed by atoms with Crippen LogP contribution in [0, 0.1) is 0 Å². The second-order valence-electron chi connectivity index (χ2n) is 4.49. The molecule has 0 aliphatic heterocycles. The Kier molecular flexibility index (Phi) is 7.50. The minimum absolute atomic E-state index is 0.849. The number of hydrogen-bond donors (Lipinski definition) is 0. The highest BCUT2D eigenvalue weighted by Crippen LogP contribution is 2.57. The van der Waals surface area contributed by atoms with Crippen LogP contribution >= 0.6 is 22.6 Å². The van der Waals surface area contributed by atoms with Crippen molar-refractivity contribution < 1.29 is 84.1 Å². The molecular weight excluding hydrogens is 590 g/mol. The van der Waals surface area contributed by atoms with Gasteiger partial charge >= 0.3 is 46.3 Å². The van der Waals surface area contributed by atoms with Gasteiger partial charge in [-0.2, -0.15) is 74.6 Å². The lowest BCUT2D eigenvalue weighted by atomic mass is 10.2. The van der Waals surface area contributed by atoms with Crippen molar-refractivity contribution in [1.82, 2.24) is 0 Å². The molecule has 0 rings (SSSR count). The van der Waals surface area contributed by atoms with E-state index >= 15 is 0 Å². The smallest absolute Gasteiger partial charge is 0.262 e. The Morgan fingerprint density at radius 2 is 0.966 bits per heavy atom. The van der Waals surface area contributed by atoms with Crippen molar-refractivity contribution in [2.75, 3.05) is 0 Å². The summed E-state index contributed by atoms with van der Waals surface area (Å²) in [5.41, 5.74) is 0. The molecule has 0 aromatic carbocycles. The summed E-state index contributed by atoms with van der Waals surface area (Å²) in [5.74, 6) is -19.4. The molecule has 0 saturated heterocycles. The molecule has 0 N–H and O–H groups in total. The summed E-state index contributed by atoms with van der Waals surface area (Å²) in [4.78, 5) is 0. The van der Waals surface area contributed by atoms with Crippen LogP contribution in [-0.4, -0.2) is 40.2 Å². The minimum Gasteiger partial charge on any atom is -0.262 e. The Labute approximate surface area is 159 Å². The zero-order valence-electron chi connectivity index (χ0n) is 12.1. The molecule has 0 aromatic rings. The first-order valence-corrected chi connectivity index (χ1v) is 6.80. The minimum atomic E-state index is -7.81. The van der Waals surface area contributed by atoms with Crippen LogP contribution in [0.15, 0.2) is 11.9 Å². The van der Waals surface area contributed by atoms with Crippen LogP contribution in [0.2, 0.25) is 0 Å². The van der Waals surface area contributed by atoms with Crippen molar-refractivity contribution in [2.24, 2.45) is 0 Å². The summed E-state index contributed by atoms with van der Waals surface area (Å²) in [7, 11) is 0. The molecule has 1 atom stereocenters. The summed E-state index contributed by atoms with van der Waals surface area (Å²) in [6.07, 6.45) is -34.0. The standard InChI is InChI=1S/C9F17IO2/c10-1(2(11)12)3(13,14)28-9(25,26)5(17,6(18,19)20)29-8(23,24)4(15,16)7(21,22)27. The Bertz CT molecular complexity index is 630. The van der Waals surface area contributed by atoms with E-state index in [-0.39, 0.29) is 0 Å². The van der Waals surface area contributed by atoms with E-state index in [1.165, 1.54) is 9.47 Å². The first-order chi connectivity index (χ1) is 12.3. The normalized spacial score (nSPS) is 17.2. The Hall–Kier alpha value is -0.800. The number of hydrogen-bond acceptors (Lipinski definition) is 2. The van der Waals surface area contributed by atoms with E-state index in [4.69, 9.17) is 0 Å². The molecule has 0 fully saturated rings. The van der Waals surface area contributed by atoms with Gasteiger partial charge in [0.05, 0.1) is 0 Å². The molecule has 0 bridgehead atoms. The van der Waals surface area contributed by atoms with Crippen LogP contribution in [0.25, 0.3) is 0 Å². The molecule has 1 unspecified atom stereocenters. The van der Waals surface area contributed by atoms with Crippen LogP contribution in [-0.2, 0) is 9.47 Å². The average molecular weight is 590 g/mol. The van der Waals surface area contributed by atoms with Gasteiger partial charge < -0.3 is 0 Å². The van der Waals surface area contributed by atoms with Crippen molar-refractivity contribution >= 4 is 22.6 Å². The first-order valence-electron chi connectivity index (χ1n) is 5.72. The maximum atomic E-state index is 13.5. The van der Waals surface area contributed by atoms with Gasteiger partial charge in [-0.3, -0.25) is 4.74 Å². The Balaban J connectivity index is 6.45. The third kappa shape index (κ3) is 5.28. The van der Waals surface area contributed by atoms with Gasteiger partial charge in [0.1, 0.15) is 0 Å². The fourth-order valence-corrected chi connectivity index (χ4v) is 1.38. The van der Waals surface area contributed by atoms with Gasteiger partial charge in [0.2, 0.25) is 0 Å². The molecule has 0 saturated carbocycles. The SMILES string of the molecule is FC(F)=C(F)C(F)(F)OC(F)(F)C(F)(OC(F)(F)C(F)(F)C(F)(F)I)C(F)(F)F. The molecule has 0 aromatic heterocycles. The second-order valence-corrected chi connectivity index (χ2v) is 5.85. The molecule has 174 valence electrons. The van der Waals surface area contributed by atoms with Crippen molar-refractivity contribution in [3.05, 3.63) is 11.9 Å². The van der Waals surface area contributed by atoms with E-state index in [1.807, 2.05) is 0 Å². The van der Waals surface area contributed by atoms with Crippen LogP contribution in [0.3, 0.4) is 0 Å². The third-order valence-corrected chi connectivity index (χ3v) is 3.08. The van der Waals surface area contributed by atoms with E-state index in [2.05, 4.69) is 0 Å². The van der Waals surface area contributed by atoms with E-state index in [0.29, 0.717) is 0 Å². The van der Waals surface area contributed by atoms with Gasteiger partial charge in [0.25, 0.3) is 5.83 Å². The maximum absolute atomic E-state index is 13.5. The molecule has 0 heterocycles. The summed E-state index contributed by atoms with van der Waals surface area (Å²) in [6.45, 7) is 0. The number of alkyl halides is 15. The van der Waals surface area contributed by atoms with Gasteiger partial charge in [-0.05, 0) is 0 Å². The highest BCUT2D eigenvalue weighted by molar-refractivity contribution is 14.1. The van der Waals surface area contributed by atoms with Crippen LogP contribution < -0.4 is 0 Å². The summed E-state index contributed by atoms with van der Waals surface area (Å²) in [5, 5.41) is 0. The zero-order chi connectivity index (χ0) is 24.1. The largest absolute Gasteiger partial charge is 0.458 e. The fraction of sp³-hybridized carbons (Fsp3) is 0.778. The molecule has 29 heavy (non-hydrogen) atoms. The Morgan fingerprint density at radius 3 is 1.24 bits per heavy atom. The van der Waals surface area contributed by atoms with E-state index < -0.39 is 74.7 Å². The lowest BCUT2D eigenvalue weighted by Gasteiger charge is -2.39. The Morgan fingerprint density at radius 1 is 0.586 bits per heavy atom. The van der Waals surface area contributed by atoms with Crippen LogP contribution in [0.1, 0.15) is 0 Å². The zero-order valence-corrected chi connectivity index (χ0v) is 14.3. The van der Waals surface area contributed by atoms with Crippen molar-refractivity contribution in [3.8, 4) is 0 Å². The van der Waals surface area contributed by atoms with Gasteiger partial charge in [0, 0.05) is 22.6 Å². The average Bonchev–Trinajstić information content (AvgIpc) is 2.41. The van der Waals surface area contributed by atoms with E-state index in [9.17, 15) is 74.6 Å². The van der Waals surface area contributed by atoms with Crippen LogP contribution in [0.5, 0.6) is 0 Å². The topological polar surface area (TPSA) is 18.5 Å². The maximum Gasteiger partial charge on any atom is 0.458 e. The quantitative estimate of drug-likeness (QED) is 0.177. The van der Waals surface area contributed by atoms with Crippen molar-refractivity contribution in [3.63, 3.8) is 0 Å². The van der Waals surface area contributed by atoms with Gasteiger partial charge in [0.15, 0.2) is 0 Å². The van der Waals surface area contributed by atoms with Gasteiger partial charge in [-0.15, -0.1) is 0 Å². The monoisotopic (exact) mass is 590 g/mol. The van der Waals surface area contributed by atoms with Gasteiger partial charge in [-0.1, -0.05) is 0 Å². The summed E-state index contributed by atoms with van der Waals surface area (Å²) in [6, 6.07) is 0. The molecule has 0 spiro atoms. The molecule has 0 aliphatic carbocycles. The fourth-order valence-electron chi connectivity index (χ4n) is 1.07. The molecule has 0 aliphatic rings.